The maximum atomic E-state index is 10.8. The van der Waals surface area contributed by atoms with Crippen molar-refractivity contribution in [2.45, 2.75) is 25.9 Å². The molecule has 1 aromatic heterocycles. The first-order valence-electron chi connectivity index (χ1n) is 8.57. The molecule has 136 valence electrons. The monoisotopic (exact) mass is 369 g/mol. The van der Waals surface area contributed by atoms with Gasteiger partial charge in [-0.25, -0.2) is 0 Å². The molecule has 0 radical (unpaired) electrons. The van der Waals surface area contributed by atoms with Gasteiger partial charge in [-0.15, -0.1) is 23.4 Å². The van der Waals surface area contributed by atoms with Crippen LogP contribution in [0.4, 0.5) is 5.69 Å². The van der Waals surface area contributed by atoms with Crippen LogP contribution in [0.1, 0.15) is 17.5 Å². The SMILES string of the molecule is C=CCN(CC=C)Cn1c(O)c(N=NC(N)=S)c2cc3c(cc21)CCC3. The molecule has 6 nitrogen and oxygen atoms in total. The van der Waals surface area contributed by atoms with Gasteiger partial charge in [-0.1, -0.05) is 12.2 Å². The molecule has 0 atom stereocenters. The molecular formula is C19H23N5OS. The maximum absolute atomic E-state index is 10.8. The molecule has 0 fully saturated rings. The fourth-order valence-electron chi connectivity index (χ4n) is 3.48. The van der Waals surface area contributed by atoms with Gasteiger partial charge in [0.1, 0.15) is 0 Å². The van der Waals surface area contributed by atoms with E-state index in [1.807, 2.05) is 16.7 Å². The summed E-state index contributed by atoms with van der Waals surface area (Å²) in [7, 11) is 0. The summed E-state index contributed by atoms with van der Waals surface area (Å²) >= 11 is 4.78. The highest BCUT2D eigenvalue weighted by molar-refractivity contribution is 7.80. The molecule has 1 aromatic carbocycles. The van der Waals surface area contributed by atoms with E-state index in [2.05, 4.69) is 40.4 Å². The van der Waals surface area contributed by atoms with Gasteiger partial charge in [0.05, 0.1) is 12.2 Å². The molecule has 1 aliphatic carbocycles. The van der Waals surface area contributed by atoms with Crippen LogP contribution in [0.25, 0.3) is 10.9 Å². The predicted molar refractivity (Wildman–Crippen MR) is 109 cm³/mol. The zero-order chi connectivity index (χ0) is 18.7. The van der Waals surface area contributed by atoms with Crippen LogP contribution in [0.5, 0.6) is 5.88 Å². The molecule has 1 aliphatic rings. The number of aryl methyl sites for hydroxylation is 2. The van der Waals surface area contributed by atoms with Crippen molar-refractivity contribution in [3.05, 3.63) is 48.6 Å². The van der Waals surface area contributed by atoms with Gasteiger partial charge in [-0.2, -0.15) is 0 Å². The number of nitrogens with two attached hydrogens (primary N) is 1. The number of hydrogen-bond donors (Lipinski definition) is 2. The van der Waals surface area contributed by atoms with Crippen LogP contribution >= 0.6 is 12.2 Å². The van der Waals surface area contributed by atoms with Gasteiger partial charge < -0.3 is 10.8 Å². The second-order valence-electron chi connectivity index (χ2n) is 6.38. The van der Waals surface area contributed by atoms with E-state index in [0.717, 1.165) is 30.2 Å². The van der Waals surface area contributed by atoms with E-state index in [4.69, 9.17) is 18.0 Å². The first kappa shape index (κ1) is 18.3. The molecule has 0 bridgehead atoms. The number of thiocarbonyl (C=S) groups is 1. The fourth-order valence-corrected chi connectivity index (χ4v) is 3.52. The Morgan fingerprint density at radius 3 is 2.54 bits per heavy atom. The highest BCUT2D eigenvalue weighted by atomic mass is 32.1. The van der Waals surface area contributed by atoms with Crippen molar-refractivity contribution in [2.24, 2.45) is 16.0 Å². The van der Waals surface area contributed by atoms with Gasteiger partial charge in [0.15, 0.2) is 5.69 Å². The third-order valence-electron chi connectivity index (χ3n) is 4.59. The molecule has 26 heavy (non-hydrogen) atoms. The van der Waals surface area contributed by atoms with Crippen molar-refractivity contribution in [2.75, 3.05) is 13.1 Å². The summed E-state index contributed by atoms with van der Waals surface area (Å²) in [5.41, 5.74) is 9.40. The number of nitrogens with zero attached hydrogens (tertiary/aromatic N) is 4. The molecular weight excluding hydrogens is 346 g/mol. The van der Waals surface area contributed by atoms with Crippen molar-refractivity contribution >= 4 is 33.9 Å². The van der Waals surface area contributed by atoms with Crippen LogP contribution in [0.2, 0.25) is 0 Å². The van der Waals surface area contributed by atoms with E-state index in [1.165, 1.54) is 11.1 Å². The lowest BCUT2D eigenvalue weighted by Gasteiger charge is -2.20. The number of aromatic nitrogens is 1. The van der Waals surface area contributed by atoms with Crippen LogP contribution in [0.15, 0.2) is 47.7 Å². The predicted octanol–water partition coefficient (Wildman–Crippen LogP) is 3.79. The summed E-state index contributed by atoms with van der Waals surface area (Å²) in [6, 6.07) is 4.25. The Bertz CT molecular complexity index is 889. The molecule has 0 saturated carbocycles. The van der Waals surface area contributed by atoms with Crippen LogP contribution in [-0.4, -0.2) is 32.8 Å². The third kappa shape index (κ3) is 3.54. The van der Waals surface area contributed by atoms with Crippen molar-refractivity contribution in [3.8, 4) is 5.88 Å². The molecule has 0 spiro atoms. The third-order valence-corrected chi connectivity index (χ3v) is 4.67. The molecule has 1 heterocycles. The van der Waals surface area contributed by atoms with Gasteiger partial charge in [-0.3, -0.25) is 9.47 Å². The Balaban J connectivity index is 2.14. The average Bonchev–Trinajstić information content (AvgIpc) is 3.15. The minimum Gasteiger partial charge on any atom is -0.493 e. The minimum absolute atomic E-state index is 0.0572. The average molecular weight is 369 g/mol. The zero-order valence-electron chi connectivity index (χ0n) is 14.7. The van der Waals surface area contributed by atoms with Crippen molar-refractivity contribution in [3.63, 3.8) is 0 Å². The zero-order valence-corrected chi connectivity index (χ0v) is 15.5. The maximum Gasteiger partial charge on any atom is 0.221 e. The summed E-state index contributed by atoms with van der Waals surface area (Å²) in [6.45, 7) is 9.45. The van der Waals surface area contributed by atoms with Crippen LogP contribution in [0.3, 0.4) is 0 Å². The molecule has 0 unspecified atom stereocenters. The van der Waals surface area contributed by atoms with Gasteiger partial charge >= 0.3 is 0 Å². The van der Waals surface area contributed by atoms with Crippen LogP contribution < -0.4 is 5.73 Å². The van der Waals surface area contributed by atoms with Crippen LogP contribution in [-0.2, 0) is 19.5 Å². The molecule has 0 amide bonds. The van der Waals surface area contributed by atoms with Gasteiger partial charge in [0.2, 0.25) is 11.0 Å². The Labute approximate surface area is 158 Å². The van der Waals surface area contributed by atoms with E-state index in [-0.39, 0.29) is 11.0 Å². The first-order valence-corrected chi connectivity index (χ1v) is 8.98. The quantitative estimate of drug-likeness (QED) is 0.442. The summed E-state index contributed by atoms with van der Waals surface area (Å²) in [5.74, 6) is 0.0572. The Kier molecular flexibility index (Phi) is 5.49. The molecule has 0 saturated heterocycles. The Hall–Kier alpha value is -2.51. The van der Waals surface area contributed by atoms with Gasteiger partial charge in [-0.05, 0) is 54.7 Å². The van der Waals surface area contributed by atoms with Crippen molar-refractivity contribution in [1.29, 1.82) is 0 Å². The number of azo groups is 1. The van der Waals surface area contributed by atoms with Gasteiger partial charge in [0, 0.05) is 18.5 Å². The van der Waals surface area contributed by atoms with Gasteiger partial charge in [0.25, 0.3) is 0 Å². The van der Waals surface area contributed by atoms with E-state index < -0.39 is 0 Å². The smallest absolute Gasteiger partial charge is 0.221 e. The molecule has 7 heteroatoms. The fraction of sp³-hybridized carbons (Fsp3) is 0.316. The Morgan fingerprint density at radius 1 is 1.27 bits per heavy atom. The highest BCUT2D eigenvalue weighted by Gasteiger charge is 2.22. The number of aromatic hydroxyl groups is 1. The highest BCUT2D eigenvalue weighted by Crippen LogP contribution is 2.41. The number of fused-ring (bicyclic) bond motifs is 2. The normalized spacial score (nSPS) is 13.6. The second-order valence-corrected chi connectivity index (χ2v) is 6.80. The van der Waals surface area contributed by atoms with E-state index in [1.54, 1.807) is 0 Å². The molecule has 2 aromatic rings. The first-order chi connectivity index (χ1) is 12.5. The lowest BCUT2D eigenvalue weighted by molar-refractivity contribution is 0.255. The Morgan fingerprint density at radius 2 is 1.92 bits per heavy atom. The minimum atomic E-state index is -0.0635. The molecule has 0 aliphatic heterocycles. The molecule has 3 rings (SSSR count). The van der Waals surface area contributed by atoms with E-state index in [0.29, 0.717) is 25.4 Å². The summed E-state index contributed by atoms with van der Waals surface area (Å²) in [6.07, 6.45) is 6.91. The lowest BCUT2D eigenvalue weighted by Crippen LogP contribution is -2.26. The number of hydrogen-bond acceptors (Lipinski definition) is 4. The second kappa shape index (κ2) is 7.80. The van der Waals surface area contributed by atoms with Crippen molar-refractivity contribution in [1.82, 2.24) is 9.47 Å². The lowest BCUT2D eigenvalue weighted by atomic mass is 10.1. The summed E-state index contributed by atoms with van der Waals surface area (Å²) in [5, 5.41) is 19.5. The topological polar surface area (TPSA) is 79.1 Å². The summed E-state index contributed by atoms with van der Waals surface area (Å²) < 4.78 is 1.84. The van der Waals surface area contributed by atoms with Crippen molar-refractivity contribution < 1.29 is 5.11 Å². The summed E-state index contributed by atoms with van der Waals surface area (Å²) in [4.78, 5) is 2.11. The number of rotatable bonds is 7. The largest absolute Gasteiger partial charge is 0.493 e. The van der Waals surface area contributed by atoms with E-state index >= 15 is 0 Å². The molecule has 3 N–H and O–H groups in total. The number of benzene rings is 1. The van der Waals surface area contributed by atoms with Crippen LogP contribution in [0, 0.1) is 0 Å². The van der Waals surface area contributed by atoms with E-state index in [9.17, 15) is 5.11 Å². The standard InChI is InChI=1S/C19H23N5OS/c1-3-8-23(9-4-2)12-24-16-11-14-7-5-6-13(14)10-15(16)17(18(24)25)21-22-19(20)26/h3-4,10-11,25H,1-2,5-9,12H2,(H2,20,26).